The summed E-state index contributed by atoms with van der Waals surface area (Å²) >= 11 is 5.51. The molecule has 0 saturated heterocycles. The maximum absolute atomic E-state index is 12.3. The van der Waals surface area contributed by atoms with Crippen molar-refractivity contribution in [1.82, 2.24) is 4.98 Å². The third kappa shape index (κ3) is 1.93. The van der Waals surface area contributed by atoms with Crippen LogP contribution in [0.5, 0.6) is 0 Å². The predicted octanol–water partition coefficient (Wildman–Crippen LogP) is 2.85. The van der Waals surface area contributed by atoms with E-state index >= 15 is 0 Å². The van der Waals surface area contributed by atoms with E-state index in [2.05, 4.69) is 4.98 Å². The van der Waals surface area contributed by atoms with Gasteiger partial charge in [0.2, 0.25) is 0 Å². The molecule has 0 bridgehead atoms. The highest BCUT2D eigenvalue weighted by molar-refractivity contribution is 6.32. The van der Waals surface area contributed by atoms with E-state index in [1.807, 2.05) is 0 Å². The van der Waals surface area contributed by atoms with Crippen molar-refractivity contribution in [3.63, 3.8) is 0 Å². The Hall–Kier alpha value is -1.21. The molecule has 68 valence electrons. The number of hydrogen-bond acceptors (Lipinski definition) is 2. The Morgan fingerprint density at radius 3 is 2.69 bits per heavy atom. The van der Waals surface area contributed by atoms with Gasteiger partial charge in [-0.25, -0.2) is 8.78 Å². The first-order valence-electron chi connectivity index (χ1n) is 3.41. The van der Waals surface area contributed by atoms with Crippen LogP contribution in [0.4, 0.5) is 8.78 Å². The second-order valence-electron chi connectivity index (χ2n) is 2.42. The molecular weight excluding hydrogens is 198 g/mol. The largest absolute Gasteiger partial charge is 0.281 e. The summed E-state index contributed by atoms with van der Waals surface area (Å²) in [6.07, 6.45) is -2.75. The lowest BCUT2D eigenvalue weighted by molar-refractivity contribution is 0.146. The first kappa shape index (κ1) is 9.87. The SMILES string of the molecule is Cc1cc(C#N)c(Cl)c(C(F)F)n1. The Morgan fingerprint density at radius 1 is 1.62 bits per heavy atom. The molecule has 0 aliphatic rings. The van der Waals surface area contributed by atoms with Crippen LogP contribution in [0.25, 0.3) is 0 Å². The molecule has 0 saturated carbocycles. The van der Waals surface area contributed by atoms with Crippen LogP contribution < -0.4 is 0 Å². The average molecular weight is 203 g/mol. The van der Waals surface area contributed by atoms with Crippen molar-refractivity contribution >= 4 is 11.6 Å². The van der Waals surface area contributed by atoms with Crippen molar-refractivity contribution in [1.29, 1.82) is 5.26 Å². The summed E-state index contributed by atoms with van der Waals surface area (Å²) in [4.78, 5) is 3.55. The number of pyridine rings is 1. The number of aromatic nitrogens is 1. The number of nitrogens with zero attached hydrogens (tertiary/aromatic N) is 2. The number of aryl methyl sites for hydroxylation is 1. The highest BCUT2D eigenvalue weighted by Gasteiger charge is 2.17. The molecule has 0 unspecified atom stereocenters. The fourth-order valence-electron chi connectivity index (χ4n) is 0.908. The van der Waals surface area contributed by atoms with Crippen LogP contribution in [-0.4, -0.2) is 4.98 Å². The van der Waals surface area contributed by atoms with Gasteiger partial charge in [-0.15, -0.1) is 0 Å². The molecule has 1 heterocycles. The average Bonchev–Trinajstić information content (AvgIpc) is 2.08. The summed E-state index contributed by atoms with van der Waals surface area (Å²) in [5.41, 5.74) is -0.140. The molecule has 0 aromatic carbocycles. The molecule has 2 nitrogen and oxygen atoms in total. The highest BCUT2D eigenvalue weighted by atomic mass is 35.5. The lowest BCUT2D eigenvalue weighted by atomic mass is 10.2. The number of rotatable bonds is 1. The van der Waals surface area contributed by atoms with Crippen LogP contribution >= 0.6 is 11.6 Å². The van der Waals surface area contributed by atoms with Gasteiger partial charge in [0.15, 0.2) is 0 Å². The van der Waals surface area contributed by atoms with E-state index in [9.17, 15) is 8.78 Å². The van der Waals surface area contributed by atoms with Crippen LogP contribution in [0.3, 0.4) is 0 Å². The summed E-state index contributed by atoms with van der Waals surface area (Å²) in [5.74, 6) is 0. The van der Waals surface area contributed by atoms with Gasteiger partial charge in [-0.2, -0.15) is 5.26 Å². The molecule has 0 atom stereocenters. The van der Waals surface area contributed by atoms with E-state index in [4.69, 9.17) is 16.9 Å². The molecule has 13 heavy (non-hydrogen) atoms. The molecule has 0 spiro atoms. The lowest BCUT2D eigenvalue weighted by Crippen LogP contribution is -1.96. The Morgan fingerprint density at radius 2 is 2.23 bits per heavy atom. The molecule has 1 rings (SSSR count). The van der Waals surface area contributed by atoms with Gasteiger partial charge in [-0.05, 0) is 13.0 Å². The number of hydrogen-bond donors (Lipinski definition) is 0. The molecule has 0 fully saturated rings. The summed E-state index contributed by atoms with van der Waals surface area (Å²) in [7, 11) is 0. The molecule has 0 N–H and O–H groups in total. The molecule has 0 aliphatic carbocycles. The van der Waals surface area contributed by atoms with Crippen molar-refractivity contribution in [3.05, 3.63) is 28.0 Å². The predicted molar refractivity (Wildman–Crippen MR) is 43.7 cm³/mol. The monoisotopic (exact) mass is 202 g/mol. The van der Waals surface area contributed by atoms with E-state index in [-0.39, 0.29) is 10.6 Å². The summed E-state index contributed by atoms with van der Waals surface area (Å²) in [6, 6.07) is 3.10. The maximum atomic E-state index is 12.3. The van der Waals surface area contributed by atoms with Crippen LogP contribution in [0, 0.1) is 18.3 Å². The van der Waals surface area contributed by atoms with E-state index in [1.54, 1.807) is 6.07 Å². The zero-order valence-corrected chi connectivity index (χ0v) is 7.44. The zero-order chi connectivity index (χ0) is 10.0. The van der Waals surface area contributed by atoms with E-state index in [0.717, 1.165) is 0 Å². The lowest BCUT2D eigenvalue weighted by Gasteiger charge is -2.04. The second-order valence-corrected chi connectivity index (χ2v) is 2.80. The van der Waals surface area contributed by atoms with Gasteiger partial charge in [-0.1, -0.05) is 11.6 Å². The number of alkyl halides is 2. The van der Waals surface area contributed by atoms with Gasteiger partial charge >= 0.3 is 0 Å². The van der Waals surface area contributed by atoms with Crippen LogP contribution in [-0.2, 0) is 0 Å². The first-order chi connectivity index (χ1) is 6.06. The van der Waals surface area contributed by atoms with Crippen LogP contribution in [0.15, 0.2) is 6.07 Å². The fraction of sp³-hybridized carbons (Fsp3) is 0.250. The third-order valence-electron chi connectivity index (χ3n) is 1.44. The maximum Gasteiger partial charge on any atom is 0.281 e. The quantitative estimate of drug-likeness (QED) is 0.702. The molecule has 0 aliphatic heterocycles. The van der Waals surface area contributed by atoms with Crippen LogP contribution in [0.1, 0.15) is 23.4 Å². The zero-order valence-electron chi connectivity index (χ0n) is 6.68. The third-order valence-corrected chi connectivity index (χ3v) is 1.84. The van der Waals surface area contributed by atoms with Crippen molar-refractivity contribution in [2.24, 2.45) is 0 Å². The Labute approximate surface area is 78.8 Å². The van der Waals surface area contributed by atoms with Gasteiger partial charge < -0.3 is 0 Å². The Kier molecular flexibility index (Phi) is 2.79. The van der Waals surface area contributed by atoms with Crippen molar-refractivity contribution in [2.45, 2.75) is 13.3 Å². The number of nitriles is 1. The van der Waals surface area contributed by atoms with Crippen LogP contribution in [0.2, 0.25) is 5.02 Å². The van der Waals surface area contributed by atoms with Gasteiger partial charge in [-0.3, -0.25) is 4.98 Å². The van der Waals surface area contributed by atoms with Crippen molar-refractivity contribution in [2.75, 3.05) is 0 Å². The highest BCUT2D eigenvalue weighted by Crippen LogP contribution is 2.27. The minimum atomic E-state index is -2.75. The minimum Gasteiger partial charge on any atom is -0.250 e. The normalized spacial score (nSPS) is 10.2. The fourth-order valence-corrected chi connectivity index (χ4v) is 1.13. The van der Waals surface area contributed by atoms with Gasteiger partial charge in [0.25, 0.3) is 6.43 Å². The number of halogens is 3. The standard InChI is InChI=1S/C8H5ClF2N2/c1-4-2-5(3-12)6(9)7(13-4)8(10)11/h2,8H,1H3. The molecule has 1 aromatic rings. The Bertz CT molecular complexity index is 371. The van der Waals surface area contributed by atoms with E-state index in [1.165, 1.54) is 13.0 Å². The minimum absolute atomic E-state index is 0.0319. The van der Waals surface area contributed by atoms with Crippen molar-refractivity contribution < 1.29 is 8.78 Å². The smallest absolute Gasteiger partial charge is 0.250 e. The summed E-state index contributed by atoms with van der Waals surface area (Å²) in [6.45, 7) is 1.53. The molecule has 0 amide bonds. The summed E-state index contributed by atoms with van der Waals surface area (Å²) in [5, 5.41) is 8.28. The Balaban J connectivity index is 3.38. The van der Waals surface area contributed by atoms with Gasteiger partial charge in [0.05, 0.1) is 10.6 Å². The van der Waals surface area contributed by atoms with Gasteiger partial charge in [0, 0.05) is 5.69 Å². The molecular formula is C8H5ClF2N2. The van der Waals surface area contributed by atoms with Gasteiger partial charge in [0.1, 0.15) is 11.8 Å². The summed E-state index contributed by atoms with van der Waals surface area (Å²) < 4.78 is 24.5. The first-order valence-corrected chi connectivity index (χ1v) is 3.79. The molecule has 0 radical (unpaired) electrons. The van der Waals surface area contributed by atoms with E-state index in [0.29, 0.717) is 5.69 Å². The van der Waals surface area contributed by atoms with Crippen molar-refractivity contribution in [3.8, 4) is 6.07 Å². The topological polar surface area (TPSA) is 36.7 Å². The second kappa shape index (κ2) is 3.67. The molecule has 5 heteroatoms. The van der Waals surface area contributed by atoms with E-state index < -0.39 is 12.1 Å². The molecule has 1 aromatic heterocycles.